The standard InChI is InChI=1S/C18H21NO2/c1-20-15-5-3-4-13(10-15)11-18-17-7-6-16(21-2)12-14(17)8-9-19-18/h3-7,10,12,18-19H,8-9,11H2,1-2H3. The van der Waals surface area contributed by atoms with Crippen molar-refractivity contribution in [3.63, 3.8) is 0 Å². The van der Waals surface area contributed by atoms with Crippen LogP contribution in [0.5, 0.6) is 11.5 Å². The summed E-state index contributed by atoms with van der Waals surface area (Å²) in [5, 5.41) is 3.62. The van der Waals surface area contributed by atoms with Crippen molar-refractivity contribution in [1.82, 2.24) is 5.32 Å². The van der Waals surface area contributed by atoms with E-state index in [2.05, 4.69) is 29.6 Å². The maximum Gasteiger partial charge on any atom is 0.119 e. The van der Waals surface area contributed by atoms with Crippen LogP contribution in [0, 0.1) is 0 Å². The van der Waals surface area contributed by atoms with Gasteiger partial charge in [0.15, 0.2) is 0 Å². The van der Waals surface area contributed by atoms with Crippen LogP contribution in [0.2, 0.25) is 0 Å². The molecule has 3 nitrogen and oxygen atoms in total. The third-order valence-corrected chi connectivity index (χ3v) is 4.08. The summed E-state index contributed by atoms with van der Waals surface area (Å²) in [6, 6.07) is 15.0. The van der Waals surface area contributed by atoms with E-state index in [-0.39, 0.29) is 0 Å². The lowest BCUT2D eigenvalue weighted by molar-refractivity contribution is 0.411. The Morgan fingerprint density at radius 3 is 2.67 bits per heavy atom. The van der Waals surface area contributed by atoms with Crippen LogP contribution in [0.3, 0.4) is 0 Å². The fourth-order valence-electron chi connectivity index (χ4n) is 2.97. The number of methoxy groups -OCH3 is 2. The van der Waals surface area contributed by atoms with Gasteiger partial charge in [-0.25, -0.2) is 0 Å². The molecule has 1 unspecified atom stereocenters. The number of nitrogens with one attached hydrogen (secondary N) is 1. The smallest absolute Gasteiger partial charge is 0.119 e. The summed E-state index contributed by atoms with van der Waals surface area (Å²) in [7, 11) is 3.43. The van der Waals surface area contributed by atoms with Crippen LogP contribution < -0.4 is 14.8 Å². The van der Waals surface area contributed by atoms with Gasteiger partial charge in [0.2, 0.25) is 0 Å². The largest absolute Gasteiger partial charge is 0.497 e. The molecule has 0 fully saturated rings. The van der Waals surface area contributed by atoms with Gasteiger partial charge in [-0.2, -0.15) is 0 Å². The molecule has 21 heavy (non-hydrogen) atoms. The Bertz CT molecular complexity index is 624. The van der Waals surface area contributed by atoms with Gasteiger partial charge in [0.1, 0.15) is 11.5 Å². The van der Waals surface area contributed by atoms with Crippen LogP contribution in [0.25, 0.3) is 0 Å². The first-order chi connectivity index (χ1) is 10.3. The van der Waals surface area contributed by atoms with Crippen molar-refractivity contribution in [2.24, 2.45) is 0 Å². The molecule has 3 heteroatoms. The molecular weight excluding hydrogens is 262 g/mol. The summed E-state index contributed by atoms with van der Waals surface area (Å²) in [5.41, 5.74) is 4.06. The van der Waals surface area contributed by atoms with E-state index in [9.17, 15) is 0 Å². The van der Waals surface area contributed by atoms with Gasteiger partial charge in [0.05, 0.1) is 14.2 Å². The first-order valence-corrected chi connectivity index (χ1v) is 7.33. The summed E-state index contributed by atoms with van der Waals surface area (Å²) in [5.74, 6) is 1.86. The molecule has 0 bridgehead atoms. The molecule has 110 valence electrons. The van der Waals surface area contributed by atoms with Gasteiger partial charge in [-0.05, 0) is 60.3 Å². The van der Waals surface area contributed by atoms with Gasteiger partial charge in [-0.3, -0.25) is 0 Å². The zero-order chi connectivity index (χ0) is 14.7. The quantitative estimate of drug-likeness (QED) is 0.935. The van der Waals surface area contributed by atoms with Crippen molar-refractivity contribution in [2.45, 2.75) is 18.9 Å². The van der Waals surface area contributed by atoms with Crippen LogP contribution in [0.1, 0.15) is 22.7 Å². The van der Waals surface area contributed by atoms with E-state index in [1.807, 2.05) is 18.2 Å². The number of hydrogen-bond acceptors (Lipinski definition) is 3. The first kappa shape index (κ1) is 14.0. The molecule has 2 aromatic carbocycles. The lowest BCUT2D eigenvalue weighted by Gasteiger charge is -2.27. The minimum absolute atomic E-state index is 0.353. The van der Waals surface area contributed by atoms with Crippen molar-refractivity contribution in [3.8, 4) is 11.5 Å². The van der Waals surface area contributed by atoms with E-state index >= 15 is 0 Å². The highest BCUT2D eigenvalue weighted by molar-refractivity contribution is 5.40. The topological polar surface area (TPSA) is 30.5 Å². The molecule has 0 aliphatic carbocycles. The third-order valence-electron chi connectivity index (χ3n) is 4.08. The summed E-state index contributed by atoms with van der Waals surface area (Å²) in [6.45, 7) is 1.01. The van der Waals surface area contributed by atoms with Crippen LogP contribution in [-0.2, 0) is 12.8 Å². The van der Waals surface area contributed by atoms with Crippen molar-refractivity contribution in [1.29, 1.82) is 0 Å². The Morgan fingerprint density at radius 1 is 1.05 bits per heavy atom. The second kappa shape index (κ2) is 6.19. The lowest BCUT2D eigenvalue weighted by atomic mass is 9.90. The Hall–Kier alpha value is -2.00. The van der Waals surface area contributed by atoms with Gasteiger partial charge in [0, 0.05) is 6.04 Å². The highest BCUT2D eigenvalue weighted by Crippen LogP contribution is 2.29. The predicted molar refractivity (Wildman–Crippen MR) is 84.1 cm³/mol. The number of fused-ring (bicyclic) bond motifs is 1. The zero-order valence-corrected chi connectivity index (χ0v) is 12.6. The highest BCUT2D eigenvalue weighted by atomic mass is 16.5. The Kier molecular flexibility index (Phi) is 4.11. The molecule has 0 radical (unpaired) electrons. The molecule has 1 atom stereocenters. The van der Waals surface area contributed by atoms with Gasteiger partial charge >= 0.3 is 0 Å². The average molecular weight is 283 g/mol. The zero-order valence-electron chi connectivity index (χ0n) is 12.6. The molecule has 1 aliphatic rings. The number of ether oxygens (including phenoxy) is 2. The summed E-state index contributed by atoms with van der Waals surface area (Å²) < 4.78 is 10.6. The normalized spacial score (nSPS) is 17.1. The molecule has 0 saturated heterocycles. The van der Waals surface area contributed by atoms with E-state index in [1.54, 1.807) is 14.2 Å². The van der Waals surface area contributed by atoms with E-state index in [1.165, 1.54) is 16.7 Å². The molecule has 1 heterocycles. The van der Waals surface area contributed by atoms with Crippen molar-refractivity contribution >= 4 is 0 Å². The summed E-state index contributed by atoms with van der Waals surface area (Å²) in [4.78, 5) is 0. The minimum atomic E-state index is 0.353. The first-order valence-electron chi connectivity index (χ1n) is 7.33. The molecule has 1 N–H and O–H groups in total. The van der Waals surface area contributed by atoms with Gasteiger partial charge in [-0.1, -0.05) is 18.2 Å². The van der Waals surface area contributed by atoms with Gasteiger partial charge in [0.25, 0.3) is 0 Å². The molecular formula is C18H21NO2. The highest BCUT2D eigenvalue weighted by Gasteiger charge is 2.20. The number of hydrogen-bond donors (Lipinski definition) is 1. The fraction of sp³-hybridized carbons (Fsp3) is 0.333. The number of rotatable bonds is 4. The maximum atomic E-state index is 5.33. The van der Waals surface area contributed by atoms with Crippen LogP contribution >= 0.6 is 0 Å². The SMILES string of the molecule is COc1cccc(CC2NCCc3cc(OC)ccc32)c1. The molecule has 0 saturated carbocycles. The van der Waals surface area contributed by atoms with Crippen molar-refractivity contribution in [2.75, 3.05) is 20.8 Å². The van der Waals surface area contributed by atoms with E-state index < -0.39 is 0 Å². The van der Waals surface area contributed by atoms with Crippen molar-refractivity contribution < 1.29 is 9.47 Å². The Balaban J connectivity index is 1.84. The van der Waals surface area contributed by atoms with Crippen LogP contribution in [0.4, 0.5) is 0 Å². The second-order valence-electron chi connectivity index (χ2n) is 5.38. The summed E-state index contributed by atoms with van der Waals surface area (Å²) in [6.07, 6.45) is 2.03. The minimum Gasteiger partial charge on any atom is -0.497 e. The lowest BCUT2D eigenvalue weighted by Crippen LogP contribution is -2.31. The van der Waals surface area contributed by atoms with Gasteiger partial charge < -0.3 is 14.8 Å². The fourth-order valence-corrected chi connectivity index (χ4v) is 2.97. The average Bonchev–Trinajstić information content (AvgIpc) is 2.55. The monoisotopic (exact) mass is 283 g/mol. The van der Waals surface area contributed by atoms with E-state index in [4.69, 9.17) is 9.47 Å². The molecule has 0 spiro atoms. The molecule has 0 amide bonds. The summed E-state index contributed by atoms with van der Waals surface area (Å²) >= 11 is 0. The molecule has 2 aromatic rings. The third kappa shape index (κ3) is 3.03. The van der Waals surface area contributed by atoms with Crippen LogP contribution in [-0.4, -0.2) is 20.8 Å². The van der Waals surface area contributed by atoms with Crippen molar-refractivity contribution in [3.05, 3.63) is 59.2 Å². The maximum absolute atomic E-state index is 5.33. The Morgan fingerprint density at radius 2 is 1.86 bits per heavy atom. The Labute approximate surface area is 125 Å². The molecule has 0 aromatic heterocycles. The van der Waals surface area contributed by atoms with Crippen LogP contribution in [0.15, 0.2) is 42.5 Å². The van der Waals surface area contributed by atoms with E-state index in [0.717, 1.165) is 30.9 Å². The molecule has 1 aliphatic heterocycles. The predicted octanol–water partition coefficient (Wildman–Crippen LogP) is 3.13. The number of benzene rings is 2. The van der Waals surface area contributed by atoms with Gasteiger partial charge in [-0.15, -0.1) is 0 Å². The second-order valence-corrected chi connectivity index (χ2v) is 5.38. The van der Waals surface area contributed by atoms with E-state index in [0.29, 0.717) is 6.04 Å². The molecule has 3 rings (SSSR count).